The number of hydrogen-bond donors (Lipinski definition) is 3. The standard InChI is InChI=1S/C31H34FN9O2/c1-17-14-33-10-11-41(17)25-9-7-20(15-34-25)24-13-22-26(35-16-36-27(22)38-24)19-6-8-21(23(32)12-19)18(2)37-28(42)29-39-30(40-43-29)31(3,4)5/h6-9,12-13,15-18,33H,10-11,14H2,1-5H3,(H,37,42)(H,35,36,38)/t17-,18?/m0/s1. The zero-order chi connectivity index (χ0) is 30.3. The maximum Gasteiger partial charge on any atom is 0.315 e. The van der Waals surface area contributed by atoms with Gasteiger partial charge < -0.3 is 25.0 Å². The maximum absolute atomic E-state index is 15.4. The van der Waals surface area contributed by atoms with Gasteiger partial charge >= 0.3 is 11.8 Å². The molecule has 43 heavy (non-hydrogen) atoms. The van der Waals surface area contributed by atoms with Gasteiger partial charge in [0.15, 0.2) is 5.82 Å². The Balaban J connectivity index is 1.22. The smallest absolute Gasteiger partial charge is 0.315 e. The summed E-state index contributed by atoms with van der Waals surface area (Å²) in [7, 11) is 0. The van der Waals surface area contributed by atoms with Crippen molar-refractivity contribution < 1.29 is 13.7 Å². The highest BCUT2D eigenvalue weighted by atomic mass is 19.1. The van der Waals surface area contributed by atoms with Gasteiger partial charge in [-0.1, -0.05) is 38.1 Å². The van der Waals surface area contributed by atoms with Gasteiger partial charge in [-0.25, -0.2) is 19.3 Å². The van der Waals surface area contributed by atoms with E-state index >= 15 is 4.39 Å². The van der Waals surface area contributed by atoms with Gasteiger partial charge in [-0.3, -0.25) is 4.79 Å². The van der Waals surface area contributed by atoms with Gasteiger partial charge in [0, 0.05) is 65.1 Å². The Bertz CT molecular complexity index is 1770. The van der Waals surface area contributed by atoms with Gasteiger partial charge in [-0.2, -0.15) is 4.98 Å². The number of benzene rings is 1. The van der Waals surface area contributed by atoms with Crippen molar-refractivity contribution in [1.82, 2.24) is 40.7 Å². The first kappa shape index (κ1) is 28.4. The molecule has 1 aliphatic heterocycles. The zero-order valence-electron chi connectivity index (χ0n) is 24.8. The van der Waals surface area contributed by atoms with E-state index in [0.717, 1.165) is 42.1 Å². The van der Waals surface area contributed by atoms with Crippen molar-refractivity contribution in [3.8, 4) is 22.5 Å². The Hall–Kier alpha value is -4.71. The number of anilines is 1. The fraction of sp³-hybridized carbons (Fsp3) is 0.355. The first-order valence-corrected chi connectivity index (χ1v) is 14.3. The molecule has 222 valence electrons. The lowest BCUT2D eigenvalue weighted by atomic mass is 9.96. The van der Waals surface area contributed by atoms with Crippen molar-refractivity contribution in [2.45, 2.75) is 52.1 Å². The average molecular weight is 584 g/mol. The van der Waals surface area contributed by atoms with Crippen molar-refractivity contribution in [2.75, 3.05) is 24.5 Å². The fourth-order valence-electron chi connectivity index (χ4n) is 5.20. The molecular formula is C31H34FN9O2. The lowest BCUT2D eigenvalue weighted by Gasteiger charge is -2.34. The number of nitrogens with zero attached hydrogens (tertiary/aromatic N) is 6. The molecule has 1 aromatic carbocycles. The van der Waals surface area contributed by atoms with Crippen LogP contribution in [0.15, 0.2) is 53.4 Å². The molecule has 6 rings (SSSR count). The molecule has 5 heterocycles. The number of fused-ring (bicyclic) bond motifs is 1. The Kier molecular flexibility index (Phi) is 7.38. The van der Waals surface area contributed by atoms with Crippen LogP contribution in [0.1, 0.15) is 62.7 Å². The summed E-state index contributed by atoms with van der Waals surface area (Å²) in [6.45, 7) is 12.4. The normalized spacial score (nSPS) is 16.4. The number of H-pyrrole nitrogens is 1. The van der Waals surface area contributed by atoms with E-state index < -0.39 is 17.8 Å². The van der Waals surface area contributed by atoms with Gasteiger partial charge in [0.1, 0.15) is 23.6 Å². The van der Waals surface area contributed by atoms with Gasteiger partial charge in [0.25, 0.3) is 0 Å². The highest BCUT2D eigenvalue weighted by molar-refractivity contribution is 5.94. The lowest BCUT2D eigenvalue weighted by molar-refractivity contribution is 0.0895. The number of aromatic nitrogens is 6. The summed E-state index contributed by atoms with van der Waals surface area (Å²) < 4.78 is 20.5. The third kappa shape index (κ3) is 5.70. The minimum Gasteiger partial charge on any atom is -0.351 e. The summed E-state index contributed by atoms with van der Waals surface area (Å²) in [5, 5.41) is 10.8. The summed E-state index contributed by atoms with van der Waals surface area (Å²) in [4.78, 5) is 36.1. The number of amides is 1. The number of carbonyl (C=O) groups is 1. The number of pyridine rings is 1. The average Bonchev–Trinajstić information content (AvgIpc) is 3.66. The molecule has 1 unspecified atom stereocenters. The Labute approximate surface area is 248 Å². The van der Waals surface area contributed by atoms with E-state index in [2.05, 4.69) is 47.5 Å². The largest absolute Gasteiger partial charge is 0.351 e. The van der Waals surface area contributed by atoms with Crippen LogP contribution in [-0.4, -0.2) is 61.7 Å². The Morgan fingerprint density at radius 2 is 1.95 bits per heavy atom. The first-order chi connectivity index (χ1) is 20.6. The fourth-order valence-corrected chi connectivity index (χ4v) is 5.20. The van der Waals surface area contributed by atoms with Crippen LogP contribution in [0.4, 0.5) is 10.2 Å². The molecule has 4 aromatic heterocycles. The second-order valence-electron chi connectivity index (χ2n) is 11.9. The Morgan fingerprint density at radius 1 is 1.14 bits per heavy atom. The molecule has 3 N–H and O–H groups in total. The molecule has 11 nitrogen and oxygen atoms in total. The van der Waals surface area contributed by atoms with E-state index in [4.69, 9.17) is 9.51 Å². The number of halogens is 1. The van der Waals surface area contributed by atoms with Crippen LogP contribution in [0.25, 0.3) is 33.5 Å². The second-order valence-corrected chi connectivity index (χ2v) is 11.9. The molecule has 0 aliphatic carbocycles. The summed E-state index contributed by atoms with van der Waals surface area (Å²) in [6, 6.07) is 10.6. The number of aromatic amines is 1. The van der Waals surface area contributed by atoms with E-state index in [-0.39, 0.29) is 11.3 Å². The zero-order valence-corrected chi connectivity index (χ0v) is 24.8. The molecule has 1 aliphatic rings. The van der Waals surface area contributed by atoms with Gasteiger partial charge in [0.05, 0.1) is 11.7 Å². The maximum atomic E-state index is 15.4. The second kappa shape index (κ2) is 11.2. The number of rotatable bonds is 6. The molecule has 1 saturated heterocycles. The summed E-state index contributed by atoms with van der Waals surface area (Å²) in [6.07, 6.45) is 3.31. The lowest BCUT2D eigenvalue weighted by Crippen LogP contribution is -2.50. The Morgan fingerprint density at radius 3 is 2.65 bits per heavy atom. The third-order valence-electron chi connectivity index (χ3n) is 7.66. The van der Waals surface area contributed by atoms with Crippen LogP contribution in [0.5, 0.6) is 0 Å². The molecule has 2 atom stereocenters. The predicted molar refractivity (Wildman–Crippen MR) is 161 cm³/mol. The number of piperazine rings is 1. The van der Waals surface area contributed by atoms with Gasteiger partial charge in [-0.15, -0.1) is 0 Å². The molecule has 5 aromatic rings. The predicted octanol–water partition coefficient (Wildman–Crippen LogP) is 4.80. The van der Waals surface area contributed by atoms with Crippen LogP contribution < -0.4 is 15.5 Å². The van der Waals surface area contributed by atoms with Crippen molar-refractivity contribution in [2.24, 2.45) is 0 Å². The number of nitrogens with one attached hydrogen (secondary N) is 3. The molecule has 0 bridgehead atoms. The van der Waals surface area contributed by atoms with E-state index in [1.165, 1.54) is 12.4 Å². The van der Waals surface area contributed by atoms with Crippen LogP contribution in [0.2, 0.25) is 0 Å². The van der Waals surface area contributed by atoms with Crippen LogP contribution >= 0.6 is 0 Å². The highest BCUT2D eigenvalue weighted by Crippen LogP contribution is 2.32. The molecule has 0 saturated carbocycles. The number of hydrogen-bond acceptors (Lipinski definition) is 9. The topological polar surface area (TPSA) is 138 Å². The SMILES string of the molecule is CC(NC(=O)c1nc(C(C)(C)C)no1)c1ccc(-c2ncnc3[nH]c(-c4ccc(N5CCNC[C@@H]5C)nc4)cc23)cc1F. The molecule has 1 amide bonds. The molecule has 0 spiro atoms. The number of carbonyl (C=O) groups excluding carboxylic acids is 1. The molecule has 12 heteroatoms. The minimum absolute atomic E-state index is 0.163. The quantitative estimate of drug-likeness (QED) is 0.257. The first-order valence-electron chi connectivity index (χ1n) is 14.3. The van der Waals surface area contributed by atoms with Crippen molar-refractivity contribution in [1.29, 1.82) is 0 Å². The van der Waals surface area contributed by atoms with E-state index in [9.17, 15) is 4.79 Å². The third-order valence-corrected chi connectivity index (χ3v) is 7.66. The summed E-state index contributed by atoms with van der Waals surface area (Å²) >= 11 is 0. The molecule has 0 radical (unpaired) electrons. The van der Waals surface area contributed by atoms with Crippen LogP contribution in [0, 0.1) is 5.82 Å². The van der Waals surface area contributed by atoms with E-state index in [1.807, 2.05) is 45.2 Å². The summed E-state index contributed by atoms with van der Waals surface area (Å²) in [5.41, 5.74) is 3.52. The van der Waals surface area contributed by atoms with Crippen molar-refractivity contribution in [3.05, 3.63) is 72.0 Å². The van der Waals surface area contributed by atoms with Crippen LogP contribution in [-0.2, 0) is 5.41 Å². The molecule has 1 fully saturated rings. The molecular weight excluding hydrogens is 549 g/mol. The summed E-state index contributed by atoms with van der Waals surface area (Å²) in [5.74, 6) is 0.158. The van der Waals surface area contributed by atoms with Gasteiger partial charge in [0.2, 0.25) is 0 Å². The highest BCUT2D eigenvalue weighted by Gasteiger charge is 2.25. The monoisotopic (exact) mass is 583 g/mol. The van der Waals surface area contributed by atoms with Crippen LogP contribution in [0.3, 0.4) is 0 Å². The van der Waals surface area contributed by atoms with Crippen molar-refractivity contribution >= 4 is 22.8 Å². The van der Waals surface area contributed by atoms with Gasteiger partial charge in [-0.05, 0) is 38.1 Å². The minimum atomic E-state index is -0.643. The van der Waals surface area contributed by atoms with E-state index in [0.29, 0.717) is 34.3 Å². The van der Waals surface area contributed by atoms with E-state index in [1.54, 1.807) is 19.1 Å². The van der Waals surface area contributed by atoms with Crippen molar-refractivity contribution in [3.63, 3.8) is 0 Å².